The molecule has 0 unspecified atom stereocenters. The molecular weight excluding hydrogens is 603 g/mol. The van der Waals surface area contributed by atoms with Gasteiger partial charge in [-0.1, -0.05) is 46.8 Å². The van der Waals surface area contributed by atoms with Crippen LogP contribution in [0, 0.1) is 5.92 Å². The fourth-order valence-electron chi connectivity index (χ4n) is 5.05. The topological polar surface area (TPSA) is 102 Å². The van der Waals surface area contributed by atoms with Crippen molar-refractivity contribution in [3.8, 4) is 0 Å². The van der Waals surface area contributed by atoms with Crippen LogP contribution in [0.25, 0.3) is 0 Å². The van der Waals surface area contributed by atoms with Crippen molar-refractivity contribution in [3.05, 3.63) is 97.8 Å². The van der Waals surface area contributed by atoms with Gasteiger partial charge in [0.25, 0.3) is 0 Å². The quantitative estimate of drug-likeness (QED) is 0.292. The molecule has 41 heavy (non-hydrogen) atoms. The Balaban J connectivity index is 1.37. The van der Waals surface area contributed by atoms with Gasteiger partial charge in [0.2, 0.25) is 17.7 Å². The van der Waals surface area contributed by atoms with E-state index in [1.54, 1.807) is 36.4 Å². The Kier molecular flexibility index (Phi) is 6.83. The zero-order chi connectivity index (χ0) is 29.1. The van der Waals surface area contributed by atoms with Gasteiger partial charge in [-0.05, 0) is 48.5 Å². The van der Waals surface area contributed by atoms with Crippen LogP contribution in [0.5, 0.6) is 0 Å². The van der Waals surface area contributed by atoms with Crippen molar-refractivity contribution in [2.24, 2.45) is 5.92 Å². The minimum absolute atomic E-state index is 0.279. The van der Waals surface area contributed by atoms with Gasteiger partial charge in [-0.2, -0.15) is 13.2 Å². The van der Waals surface area contributed by atoms with Crippen LogP contribution in [0.1, 0.15) is 22.1 Å². The summed E-state index contributed by atoms with van der Waals surface area (Å²) >= 11 is 7.76. The van der Waals surface area contributed by atoms with E-state index in [0.29, 0.717) is 21.3 Å². The molecule has 3 amide bonds. The van der Waals surface area contributed by atoms with Gasteiger partial charge in [0, 0.05) is 5.02 Å². The molecule has 0 aliphatic carbocycles. The van der Waals surface area contributed by atoms with Crippen molar-refractivity contribution >= 4 is 63.8 Å². The number of aromatic nitrogens is 1. The second-order valence-corrected chi connectivity index (χ2v) is 11.8. The molecule has 2 aromatic heterocycles. The highest BCUT2D eigenvalue weighted by Gasteiger charge is 2.57. The maximum Gasteiger partial charge on any atom is 0.418 e. The number of hydrogen-bond acceptors (Lipinski definition) is 7. The van der Waals surface area contributed by atoms with Crippen LogP contribution in [0.4, 0.5) is 24.5 Å². The van der Waals surface area contributed by atoms with E-state index in [1.807, 2.05) is 0 Å². The molecule has 2 aliphatic heterocycles. The van der Waals surface area contributed by atoms with Crippen LogP contribution >= 0.6 is 34.7 Å². The number of nitrogens with one attached hydrogen (secondary N) is 1. The fourth-order valence-corrected chi connectivity index (χ4v) is 7.93. The highest BCUT2D eigenvalue weighted by molar-refractivity contribution is 8.00. The molecule has 1 N–H and O–H groups in total. The molecule has 6 rings (SSSR count). The first-order valence-electron chi connectivity index (χ1n) is 12.1. The predicted molar refractivity (Wildman–Crippen MR) is 146 cm³/mol. The number of alkyl halides is 3. The number of furan rings is 1. The molecule has 210 valence electrons. The average molecular weight is 620 g/mol. The highest BCUT2D eigenvalue weighted by Crippen LogP contribution is 2.54. The summed E-state index contributed by atoms with van der Waals surface area (Å²) in [5.74, 6) is -3.19. The maximum absolute atomic E-state index is 13.7. The fraction of sp³-hybridized carbons (Fsp3) is 0.185. The van der Waals surface area contributed by atoms with Crippen LogP contribution < -0.4 is 15.1 Å². The number of fused-ring (bicyclic) bond motifs is 2. The summed E-state index contributed by atoms with van der Waals surface area (Å²) in [5, 5.41) is 2.00. The minimum Gasteiger partial charge on any atom is -0.469 e. The molecule has 2 aliphatic rings. The standard InChI is InChI=1S/C27H17ClF3N3O5S2/c28-13-7-9-14(10-8-13)34-23(36)20-19(17-6-3-11-39-17)22-25(40-21(20)24(34)37)33(26(38)41-22)12-18(35)32-16-5-2-1-4-15(16)27(29,30)31/h1-11,19-21H,12H2,(H,32,35)/t19-,20-,21+/m0/s1. The Morgan fingerprint density at radius 1 is 1.00 bits per heavy atom. The van der Waals surface area contributed by atoms with Crippen molar-refractivity contribution in [2.75, 3.05) is 10.2 Å². The smallest absolute Gasteiger partial charge is 0.418 e. The molecule has 1 saturated heterocycles. The predicted octanol–water partition coefficient (Wildman–Crippen LogP) is 5.61. The maximum atomic E-state index is 13.7. The van der Waals surface area contributed by atoms with Gasteiger partial charge in [-0.15, -0.1) is 0 Å². The zero-order valence-electron chi connectivity index (χ0n) is 20.6. The lowest BCUT2D eigenvalue weighted by Gasteiger charge is -2.29. The molecule has 0 spiro atoms. The van der Waals surface area contributed by atoms with Crippen LogP contribution in [-0.4, -0.2) is 27.5 Å². The number of anilines is 2. The van der Waals surface area contributed by atoms with Crippen molar-refractivity contribution in [3.63, 3.8) is 0 Å². The summed E-state index contributed by atoms with van der Waals surface area (Å²) in [4.78, 5) is 54.3. The number of para-hydroxylation sites is 1. The van der Waals surface area contributed by atoms with Gasteiger partial charge in [0.05, 0.1) is 44.9 Å². The molecule has 14 heteroatoms. The molecular formula is C27H17ClF3N3O5S2. The van der Waals surface area contributed by atoms with Crippen molar-refractivity contribution in [2.45, 2.75) is 28.9 Å². The molecule has 4 aromatic rings. The number of carbonyl (C=O) groups is 3. The first kappa shape index (κ1) is 27.4. The van der Waals surface area contributed by atoms with E-state index >= 15 is 0 Å². The lowest BCUT2D eigenvalue weighted by Crippen LogP contribution is -2.32. The molecule has 3 atom stereocenters. The first-order chi connectivity index (χ1) is 19.5. The van der Waals surface area contributed by atoms with E-state index in [0.717, 1.165) is 44.7 Å². The Bertz CT molecular complexity index is 1730. The van der Waals surface area contributed by atoms with Crippen molar-refractivity contribution in [1.82, 2.24) is 4.57 Å². The third-order valence-electron chi connectivity index (χ3n) is 6.79. The van der Waals surface area contributed by atoms with Crippen LogP contribution in [0.15, 0.2) is 81.2 Å². The number of amides is 3. The van der Waals surface area contributed by atoms with E-state index in [2.05, 4.69) is 5.32 Å². The summed E-state index contributed by atoms with van der Waals surface area (Å²) in [6, 6.07) is 14.0. The average Bonchev–Trinajstić information content (AvgIpc) is 3.62. The zero-order valence-corrected chi connectivity index (χ0v) is 22.9. The monoisotopic (exact) mass is 619 g/mol. The number of rotatable bonds is 5. The molecule has 4 heterocycles. The minimum atomic E-state index is -4.70. The lowest BCUT2D eigenvalue weighted by atomic mass is 9.87. The number of imide groups is 1. The van der Waals surface area contributed by atoms with Gasteiger partial charge < -0.3 is 9.73 Å². The summed E-state index contributed by atoms with van der Waals surface area (Å²) < 4.78 is 47.0. The van der Waals surface area contributed by atoms with Crippen LogP contribution in [-0.2, 0) is 27.1 Å². The van der Waals surface area contributed by atoms with E-state index in [9.17, 15) is 32.3 Å². The third-order valence-corrected chi connectivity index (χ3v) is 9.65. The van der Waals surface area contributed by atoms with Gasteiger partial charge >= 0.3 is 11.0 Å². The molecule has 0 radical (unpaired) electrons. The second-order valence-electron chi connectivity index (χ2n) is 9.26. The number of benzene rings is 2. The number of carbonyl (C=O) groups excluding carboxylic acids is 3. The molecule has 0 saturated carbocycles. The van der Waals surface area contributed by atoms with Gasteiger partial charge in [-0.25, -0.2) is 4.90 Å². The first-order valence-corrected chi connectivity index (χ1v) is 14.1. The van der Waals surface area contributed by atoms with E-state index in [-0.39, 0.29) is 5.03 Å². The largest absolute Gasteiger partial charge is 0.469 e. The van der Waals surface area contributed by atoms with Gasteiger partial charge in [-0.3, -0.25) is 23.7 Å². The Morgan fingerprint density at radius 3 is 2.41 bits per heavy atom. The normalized spacial score (nSPS) is 20.2. The molecule has 0 bridgehead atoms. The Labute approximate surface area is 242 Å². The molecule has 1 fully saturated rings. The number of nitrogens with zero attached hydrogens (tertiary/aromatic N) is 2. The third kappa shape index (κ3) is 4.77. The van der Waals surface area contributed by atoms with E-state index in [1.165, 1.54) is 18.4 Å². The second kappa shape index (κ2) is 10.2. The van der Waals surface area contributed by atoms with E-state index < -0.39 is 63.7 Å². The number of halogens is 4. The Hall–Kier alpha value is -3.81. The van der Waals surface area contributed by atoms with Crippen molar-refractivity contribution in [1.29, 1.82) is 0 Å². The summed E-state index contributed by atoms with van der Waals surface area (Å²) in [7, 11) is 0. The number of thiazole rings is 1. The summed E-state index contributed by atoms with van der Waals surface area (Å²) in [5.41, 5.74) is -1.14. The van der Waals surface area contributed by atoms with Gasteiger partial charge in [0.1, 0.15) is 17.6 Å². The molecule has 8 nitrogen and oxygen atoms in total. The van der Waals surface area contributed by atoms with Crippen LogP contribution in [0.3, 0.4) is 0 Å². The molecule has 2 aromatic carbocycles. The Morgan fingerprint density at radius 2 is 1.73 bits per heavy atom. The number of hydrogen-bond donors (Lipinski definition) is 1. The lowest BCUT2D eigenvalue weighted by molar-refractivity contribution is -0.137. The highest BCUT2D eigenvalue weighted by atomic mass is 35.5. The summed E-state index contributed by atoms with van der Waals surface area (Å²) in [6.07, 6.45) is -3.29. The number of thioether (sulfide) groups is 1. The van der Waals surface area contributed by atoms with E-state index in [4.69, 9.17) is 16.0 Å². The van der Waals surface area contributed by atoms with Crippen LogP contribution in [0.2, 0.25) is 5.02 Å². The summed E-state index contributed by atoms with van der Waals surface area (Å²) in [6.45, 7) is -0.602. The van der Waals surface area contributed by atoms with Gasteiger partial charge in [0.15, 0.2) is 0 Å². The SMILES string of the molecule is O=C(Cn1c2c(sc1=O)[C@@H](c1ccco1)[C@@H]1C(=O)N(c3ccc(Cl)cc3)C(=O)[C@@H]1S2)Nc1ccccc1C(F)(F)F. The van der Waals surface area contributed by atoms with Crippen molar-refractivity contribution < 1.29 is 32.0 Å².